The summed E-state index contributed by atoms with van der Waals surface area (Å²) >= 11 is 5.69. The van der Waals surface area contributed by atoms with Gasteiger partial charge in [0, 0.05) is 29.1 Å². The molecule has 0 fully saturated rings. The van der Waals surface area contributed by atoms with E-state index in [9.17, 15) is 0 Å². The van der Waals surface area contributed by atoms with Gasteiger partial charge in [-0.05, 0) is 69.1 Å². The molecule has 2 atom stereocenters. The fraction of sp³-hybridized carbons (Fsp3) is 0.276. The van der Waals surface area contributed by atoms with Crippen LogP contribution in [-0.2, 0) is 0 Å². The summed E-state index contributed by atoms with van der Waals surface area (Å²) < 4.78 is 1.73. The van der Waals surface area contributed by atoms with E-state index >= 15 is 0 Å². The normalized spacial score (nSPS) is 18.5. The monoisotopic (exact) mass is 470 g/mol. The van der Waals surface area contributed by atoms with Crippen LogP contribution in [0.1, 0.15) is 45.4 Å². The van der Waals surface area contributed by atoms with E-state index in [1.807, 2.05) is 62.5 Å². The molecule has 34 heavy (non-hydrogen) atoms. The van der Waals surface area contributed by atoms with Crippen molar-refractivity contribution < 1.29 is 0 Å². The third-order valence-corrected chi connectivity index (χ3v) is 6.07. The fourth-order valence-corrected chi connectivity index (χ4v) is 4.46. The van der Waals surface area contributed by atoms with Crippen LogP contribution in [-0.4, -0.2) is 19.9 Å². The van der Waals surface area contributed by atoms with Crippen LogP contribution in [0.4, 0.5) is 0 Å². The van der Waals surface area contributed by atoms with Crippen LogP contribution in [0.15, 0.2) is 90.9 Å². The van der Waals surface area contributed by atoms with Gasteiger partial charge in [0.25, 0.3) is 0 Å². The Morgan fingerprint density at radius 1 is 1.26 bits per heavy atom. The lowest BCUT2D eigenvalue weighted by Gasteiger charge is -2.28. The summed E-state index contributed by atoms with van der Waals surface area (Å²) in [7, 11) is 0. The Labute approximate surface area is 209 Å². The highest BCUT2D eigenvalue weighted by Crippen LogP contribution is 2.40. The Balaban J connectivity index is 2.09. The molecule has 0 amide bonds. The molecule has 0 aromatic carbocycles. The van der Waals surface area contributed by atoms with Crippen molar-refractivity contribution in [3.8, 4) is 11.4 Å². The number of allylic oxidation sites excluding steroid dienone is 10. The third-order valence-electron chi connectivity index (χ3n) is 5.78. The van der Waals surface area contributed by atoms with E-state index in [4.69, 9.17) is 22.3 Å². The lowest BCUT2D eigenvalue weighted by molar-refractivity contribution is 0.589. The summed E-state index contributed by atoms with van der Waals surface area (Å²) in [6, 6.07) is 6.03. The number of aryl methyl sites for hydroxylation is 1. The van der Waals surface area contributed by atoms with Crippen molar-refractivity contribution >= 4 is 22.9 Å². The molecule has 1 aliphatic rings. The molecule has 0 saturated heterocycles. The Kier molecular flexibility index (Phi) is 8.72. The van der Waals surface area contributed by atoms with Crippen LogP contribution in [0.3, 0.4) is 0 Å². The average Bonchev–Trinajstić information content (AvgIpc) is 3.24. The van der Waals surface area contributed by atoms with Gasteiger partial charge in [-0.15, -0.1) is 0 Å². The van der Waals surface area contributed by atoms with Crippen LogP contribution < -0.4 is 5.32 Å². The molecular weight excluding hydrogens is 436 g/mol. The molecule has 3 rings (SSSR count). The maximum absolute atomic E-state index is 5.69. The van der Waals surface area contributed by atoms with Crippen molar-refractivity contribution in [3.05, 3.63) is 102 Å². The molecule has 176 valence electrons. The summed E-state index contributed by atoms with van der Waals surface area (Å²) in [6.45, 7) is 14.7. The van der Waals surface area contributed by atoms with Crippen molar-refractivity contribution in [1.82, 2.24) is 20.1 Å². The molecule has 2 heterocycles. The van der Waals surface area contributed by atoms with E-state index in [1.165, 1.54) is 11.1 Å². The summed E-state index contributed by atoms with van der Waals surface area (Å²) in [5.74, 6) is 0.650. The van der Waals surface area contributed by atoms with Gasteiger partial charge in [-0.2, -0.15) is 5.10 Å². The molecule has 0 bridgehead atoms. The first kappa shape index (κ1) is 25.3. The largest absolute Gasteiger partial charge is 0.331 e. The van der Waals surface area contributed by atoms with E-state index in [0.29, 0.717) is 16.7 Å². The highest BCUT2D eigenvalue weighted by Gasteiger charge is 2.28. The van der Waals surface area contributed by atoms with Crippen molar-refractivity contribution in [3.63, 3.8) is 0 Å². The van der Waals surface area contributed by atoms with E-state index in [2.05, 4.69) is 57.0 Å². The zero-order valence-electron chi connectivity index (χ0n) is 20.7. The van der Waals surface area contributed by atoms with E-state index in [-0.39, 0.29) is 5.92 Å². The molecule has 1 aliphatic carbocycles. The first-order valence-electron chi connectivity index (χ1n) is 11.7. The number of nitrogens with one attached hydrogen (secondary N) is 1. The van der Waals surface area contributed by atoms with E-state index < -0.39 is 0 Å². The second kappa shape index (κ2) is 11.7. The maximum Gasteiger partial charge on any atom is 0.198 e. The standard InChI is InChI=1S/C29H34N4S/c1-7-9-10-16-23(6)31-29(34)33-19-25(28(32-33)26-18-12-17-22(5)30-26)24(13-8-2)27-20(3)14-11-15-21(27)4/h7,9-20,27H,6,8H2,1-5H3,(H,31,34)/b9-7-,16-10-,24-13?/t20-,27?/m0/s1. The van der Waals surface area contributed by atoms with Crippen LogP contribution in [0.25, 0.3) is 17.0 Å². The van der Waals surface area contributed by atoms with Gasteiger partial charge >= 0.3 is 0 Å². The molecule has 4 nitrogen and oxygen atoms in total. The SMILES string of the molecule is C=C(/C=C\C=C/C)NC(=S)n1cc(C(=CCC)C2C(C)=CC=C[C@@H]2C)c(-c2cccc(C)n2)n1. The summed E-state index contributed by atoms with van der Waals surface area (Å²) in [4.78, 5) is 4.78. The Morgan fingerprint density at radius 3 is 2.74 bits per heavy atom. The van der Waals surface area contributed by atoms with Crippen LogP contribution in [0.2, 0.25) is 0 Å². The number of thiocarbonyl (C=S) groups is 1. The predicted molar refractivity (Wildman–Crippen MR) is 148 cm³/mol. The summed E-state index contributed by atoms with van der Waals surface area (Å²) in [5.41, 5.74) is 6.97. The predicted octanol–water partition coefficient (Wildman–Crippen LogP) is 7.18. The molecule has 5 heteroatoms. The number of aromatic nitrogens is 3. The molecule has 0 aliphatic heterocycles. The molecule has 1 N–H and O–H groups in total. The Hall–Kier alpha value is -3.31. The average molecular weight is 471 g/mol. The van der Waals surface area contributed by atoms with Gasteiger partial charge in [0.15, 0.2) is 5.11 Å². The molecule has 0 radical (unpaired) electrons. The summed E-state index contributed by atoms with van der Waals surface area (Å²) in [6.07, 6.45) is 19.6. The number of nitrogens with zero attached hydrogens (tertiary/aromatic N) is 3. The van der Waals surface area contributed by atoms with Gasteiger partial charge in [-0.25, -0.2) is 4.68 Å². The summed E-state index contributed by atoms with van der Waals surface area (Å²) in [5, 5.41) is 8.56. The van der Waals surface area contributed by atoms with Crippen molar-refractivity contribution in [2.45, 2.75) is 41.0 Å². The maximum atomic E-state index is 5.69. The highest BCUT2D eigenvalue weighted by molar-refractivity contribution is 7.80. The quantitative estimate of drug-likeness (QED) is 0.344. The zero-order valence-corrected chi connectivity index (χ0v) is 21.6. The molecular formula is C29H34N4S. The second-order valence-corrected chi connectivity index (χ2v) is 8.93. The number of pyridine rings is 1. The van der Waals surface area contributed by atoms with Crippen molar-refractivity contribution in [2.75, 3.05) is 0 Å². The number of hydrogen-bond acceptors (Lipinski definition) is 3. The van der Waals surface area contributed by atoms with Gasteiger partial charge in [0.05, 0.1) is 5.69 Å². The minimum absolute atomic E-state index is 0.270. The zero-order chi connectivity index (χ0) is 24.7. The van der Waals surface area contributed by atoms with Gasteiger partial charge < -0.3 is 5.32 Å². The van der Waals surface area contributed by atoms with Gasteiger partial charge in [0.2, 0.25) is 0 Å². The Morgan fingerprint density at radius 2 is 2.06 bits per heavy atom. The van der Waals surface area contributed by atoms with Crippen LogP contribution >= 0.6 is 12.2 Å². The van der Waals surface area contributed by atoms with Gasteiger partial charge in [-0.1, -0.05) is 74.6 Å². The van der Waals surface area contributed by atoms with Crippen LogP contribution in [0, 0.1) is 18.8 Å². The number of rotatable bonds is 7. The first-order valence-corrected chi connectivity index (χ1v) is 12.1. The first-order chi connectivity index (χ1) is 16.3. The minimum atomic E-state index is 0.270. The smallest absolute Gasteiger partial charge is 0.198 e. The van der Waals surface area contributed by atoms with Crippen molar-refractivity contribution in [1.29, 1.82) is 0 Å². The third kappa shape index (κ3) is 5.97. The molecule has 2 aromatic heterocycles. The topological polar surface area (TPSA) is 42.7 Å². The molecule has 0 saturated carbocycles. The van der Waals surface area contributed by atoms with E-state index in [0.717, 1.165) is 29.1 Å². The molecule has 1 unspecified atom stereocenters. The van der Waals surface area contributed by atoms with Crippen molar-refractivity contribution in [2.24, 2.45) is 11.8 Å². The minimum Gasteiger partial charge on any atom is -0.331 e. The van der Waals surface area contributed by atoms with E-state index in [1.54, 1.807) is 4.68 Å². The lowest BCUT2D eigenvalue weighted by atomic mass is 9.76. The highest BCUT2D eigenvalue weighted by atomic mass is 32.1. The van der Waals surface area contributed by atoms with Crippen LogP contribution in [0.5, 0.6) is 0 Å². The lowest BCUT2D eigenvalue weighted by Crippen LogP contribution is -2.27. The second-order valence-electron chi connectivity index (χ2n) is 8.54. The number of hydrogen-bond donors (Lipinski definition) is 1. The fourth-order valence-electron chi connectivity index (χ4n) is 4.24. The van der Waals surface area contributed by atoms with Gasteiger partial charge in [-0.3, -0.25) is 4.98 Å². The molecule has 0 spiro atoms. The Bertz CT molecular complexity index is 1210. The molecule has 2 aromatic rings. The van der Waals surface area contributed by atoms with Gasteiger partial charge in [0.1, 0.15) is 5.69 Å².